The molecule has 1 atom stereocenters. The molecule has 0 aromatic heterocycles. The van der Waals surface area contributed by atoms with E-state index in [4.69, 9.17) is 4.74 Å². The van der Waals surface area contributed by atoms with Crippen LogP contribution in [0.15, 0.2) is 57.1 Å². The summed E-state index contributed by atoms with van der Waals surface area (Å²) in [6.07, 6.45) is 2.85. The number of amidine groups is 1. The Bertz CT molecular complexity index is 1070. The summed E-state index contributed by atoms with van der Waals surface area (Å²) in [5, 5.41) is 14.1. The number of benzene rings is 2. The molecule has 2 aliphatic rings. The van der Waals surface area contributed by atoms with Gasteiger partial charge >= 0.3 is 0 Å². The number of nitrogens with zero attached hydrogens (tertiary/aromatic N) is 2. The minimum Gasteiger partial charge on any atom is -0.497 e. The molecule has 2 N–H and O–H groups in total. The molecule has 7 nitrogen and oxygen atoms in total. The van der Waals surface area contributed by atoms with Gasteiger partial charge in [0.05, 0.1) is 12.8 Å². The monoisotopic (exact) mass is 500 g/mol. The highest BCUT2D eigenvalue weighted by Gasteiger charge is 2.32. The number of halogens is 1. The summed E-state index contributed by atoms with van der Waals surface area (Å²) in [4.78, 5) is 24.6. The molecule has 0 spiro atoms. The second kappa shape index (κ2) is 9.65. The SMILES string of the molecule is COc1ccc2c(c1)CCC/C2=N\N=C1\NC(=O)[C@H](CC(=O)Nc2ccc(Br)cc2)S1. The van der Waals surface area contributed by atoms with E-state index in [1.165, 1.54) is 17.3 Å². The molecule has 1 fully saturated rings. The molecule has 9 heteroatoms. The molecule has 160 valence electrons. The quantitative estimate of drug-likeness (QED) is 0.604. The first-order valence-corrected chi connectivity index (χ1v) is 11.5. The number of amides is 2. The van der Waals surface area contributed by atoms with E-state index in [9.17, 15) is 9.59 Å². The second-order valence-electron chi connectivity index (χ2n) is 7.18. The van der Waals surface area contributed by atoms with Crippen LogP contribution in [0.3, 0.4) is 0 Å². The van der Waals surface area contributed by atoms with Gasteiger partial charge in [0, 0.05) is 22.1 Å². The summed E-state index contributed by atoms with van der Waals surface area (Å²) in [5.41, 5.74) is 3.83. The van der Waals surface area contributed by atoms with Gasteiger partial charge < -0.3 is 15.4 Å². The third kappa shape index (κ3) is 5.34. The predicted octanol–water partition coefficient (Wildman–Crippen LogP) is 4.11. The molecule has 2 aromatic rings. The molecular formula is C22H21BrN4O3S. The van der Waals surface area contributed by atoms with Crippen LogP contribution in [-0.4, -0.2) is 35.1 Å². The third-order valence-corrected chi connectivity index (χ3v) is 6.62. The maximum atomic E-state index is 12.3. The number of rotatable bonds is 5. The number of hydrogen-bond donors (Lipinski definition) is 2. The molecule has 0 radical (unpaired) electrons. The molecule has 1 heterocycles. The highest BCUT2D eigenvalue weighted by atomic mass is 79.9. The standard InChI is InChI=1S/C22H21BrN4O3S/c1-30-16-9-10-17-13(11-16)3-2-4-18(17)26-27-22-25-21(29)19(31-22)12-20(28)24-15-7-5-14(23)6-8-15/h5-11,19H,2-4,12H2,1H3,(H,24,28)(H,25,27,29)/b26-18+/t19-/m0/s1. The van der Waals surface area contributed by atoms with Crippen molar-refractivity contribution in [1.29, 1.82) is 0 Å². The van der Waals surface area contributed by atoms with Crippen LogP contribution < -0.4 is 15.4 Å². The van der Waals surface area contributed by atoms with Gasteiger partial charge in [0.1, 0.15) is 11.0 Å². The van der Waals surface area contributed by atoms with E-state index >= 15 is 0 Å². The summed E-state index contributed by atoms with van der Waals surface area (Å²) in [5.74, 6) is 0.371. The first kappa shape index (κ1) is 21.6. The van der Waals surface area contributed by atoms with Crippen LogP contribution >= 0.6 is 27.7 Å². The average Bonchev–Trinajstić information content (AvgIpc) is 3.12. The normalized spacial score (nSPS) is 20.5. The fraction of sp³-hybridized carbons (Fsp3) is 0.273. The van der Waals surface area contributed by atoms with Crippen molar-refractivity contribution in [3.05, 3.63) is 58.1 Å². The van der Waals surface area contributed by atoms with Crippen LogP contribution in [0.2, 0.25) is 0 Å². The Labute approximate surface area is 192 Å². The third-order valence-electron chi connectivity index (χ3n) is 5.02. The van der Waals surface area contributed by atoms with Crippen molar-refractivity contribution in [2.24, 2.45) is 10.2 Å². The van der Waals surface area contributed by atoms with Gasteiger partial charge in [0.15, 0.2) is 5.17 Å². The minimum atomic E-state index is -0.530. The van der Waals surface area contributed by atoms with E-state index in [-0.39, 0.29) is 18.2 Å². The van der Waals surface area contributed by atoms with Crippen molar-refractivity contribution in [3.8, 4) is 5.75 Å². The maximum Gasteiger partial charge on any atom is 0.240 e. The summed E-state index contributed by atoms with van der Waals surface area (Å²) in [6, 6.07) is 13.2. The smallest absolute Gasteiger partial charge is 0.240 e. The molecule has 0 saturated carbocycles. The van der Waals surface area contributed by atoms with Gasteiger partial charge in [-0.1, -0.05) is 27.7 Å². The summed E-state index contributed by atoms with van der Waals surface area (Å²) in [7, 11) is 1.65. The van der Waals surface area contributed by atoms with Gasteiger partial charge in [0.2, 0.25) is 11.8 Å². The second-order valence-corrected chi connectivity index (χ2v) is 9.29. The van der Waals surface area contributed by atoms with Crippen LogP contribution in [0.25, 0.3) is 0 Å². The minimum absolute atomic E-state index is 0.0603. The van der Waals surface area contributed by atoms with E-state index in [1.54, 1.807) is 19.2 Å². The van der Waals surface area contributed by atoms with Crippen molar-refractivity contribution in [2.75, 3.05) is 12.4 Å². The van der Waals surface area contributed by atoms with Crippen molar-refractivity contribution in [2.45, 2.75) is 30.9 Å². The Morgan fingerprint density at radius 2 is 2.03 bits per heavy atom. The first-order valence-electron chi connectivity index (χ1n) is 9.86. The van der Waals surface area contributed by atoms with Crippen molar-refractivity contribution >= 4 is 56.1 Å². The van der Waals surface area contributed by atoms with Crippen LogP contribution in [0, 0.1) is 0 Å². The number of hydrogen-bond acceptors (Lipinski definition) is 6. The Morgan fingerprint density at radius 1 is 1.23 bits per heavy atom. The van der Waals surface area contributed by atoms with E-state index < -0.39 is 5.25 Å². The number of anilines is 1. The first-order chi connectivity index (χ1) is 15.0. The molecule has 2 aromatic carbocycles. The number of methoxy groups -OCH3 is 1. The molecule has 4 rings (SSSR count). The lowest BCUT2D eigenvalue weighted by Gasteiger charge is -2.17. The number of nitrogens with one attached hydrogen (secondary N) is 2. The van der Waals surface area contributed by atoms with E-state index in [0.717, 1.165) is 40.8 Å². The summed E-state index contributed by atoms with van der Waals surface area (Å²) in [6.45, 7) is 0. The lowest BCUT2D eigenvalue weighted by atomic mass is 9.90. The fourth-order valence-electron chi connectivity index (χ4n) is 3.48. The van der Waals surface area contributed by atoms with Gasteiger partial charge in [0.25, 0.3) is 0 Å². The van der Waals surface area contributed by atoms with E-state index in [0.29, 0.717) is 10.9 Å². The number of carbonyl (C=O) groups excluding carboxylic acids is 2. The Balaban J connectivity index is 1.40. The van der Waals surface area contributed by atoms with Crippen molar-refractivity contribution in [1.82, 2.24) is 5.32 Å². The number of aryl methyl sites for hydroxylation is 1. The molecular weight excluding hydrogens is 480 g/mol. The highest BCUT2D eigenvalue weighted by Crippen LogP contribution is 2.27. The predicted molar refractivity (Wildman–Crippen MR) is 127 cm³/mol. The number of thioether (sulfide) groups is 1. The van der Waals surface area contributed by atoms with Crippen molar-refractivity contribution < 1.29 is 14.3 Å². The Kier molecular flexibility index (Phi) is 6.72. The largest absolute Gasteiger partial charge is 0.497 e. The molecule has 0 unspecified atom stereocenters. The number of carbonyl (C=O) groups is 2. The van der Waals surface area contributed by atoms with Crippen molar-refractivity contribution in [3.63, 3.8) is 0 Å². The zero-order valence-electron chi connectivity index (χ0n) is 16.9. The summed E-state index contributed by atoms with van der Waals surface area (Å²) >= 11 is 4.59. The zero-order valence-corrected chi connectivity index (χ0v) is 19.3. The van der Waals surface area contributed by atoms with Gasteiger partial charge in [-0.05, 0) is 67.3 Å². The highest BCUT2D eigenvalue weighted by molar-refractivity contribution is 9.10. The lowest BCUT2D eigenvalue weighted by Crippen LogP contribution is -2.28. The molecule has 31 heavy (non-hydrogen) atoms. The van der Waals surface area contributed by atoms with Gasteiger partial charge in [-0.2, -0.15) is 5.10 Å². The zero-order chi connectivity index (χ0) is 21.8. The molecule has 0 bridgehead atoms. The topological polar surface area (TPSA) is 92.2 Å². The maximum absolute atomic E-state index is 12.3. The molecule has 1 aliphatic heterocycles. The number of ether oxygens (including phenoxy) is 1. The van der Waals surface area contributed by atoms with E-state index in [1.807, 2.05) is 30.3 Å². The van der Waals surface area contributed by atoms with Crippen LogP contribution in [0.1, 0.15) is 30.4 Å². The average molecular weight is 501 g/mol. The molecule has 1 aliphatic carbocycles. The van der Waals surface area contributed by atoms with Gasteiger partial charge in [-0.25, -0.2) is 0 Å². The molecule has 2 amide bonds. The van der Waals surface area contributed by atoms with Gasteiger partial charge in [-0.3, -0.25) is 9.59 Å². The van der Waals surface area contributed by atoms with Gasteiger partial charge in [-0.15, -0.1) is 5.10 Å². The Morgan fingerprint density at radius 3 is 2.81 bits per heavy atom. The van der Waals surface area contributed by atoms with Crippen LogP contribution in [0.4, 0.5) is 5.69 Å². The van der Waals surface area contributed by atoms with E-state index in [2.05, 4.69) is 36.8 Å². The fourth-order valence-corrected chi connectivity index (χ4v) is 4.66. The Hall–Kier alpha value is -2.65. The summed E-state index contributed by atoms with van der Waals surface area (Å²) < 4.78 is 6.23. The lowest BCUT2D eigenvalue weighted by molar-refractivity contribution is -0.122. The molecule has 1 saturated heterocycles. The number of fused-ring (bicyclic) bond motifs is 1. The van der Waals surface area contributed by atoms with Crippen LogP contribution in [0.5, 0.6) is 5.75 Å². The van der Waals surface area contributed by atoms with Crippen LogP contribution in [-0.2, 0) is 16.0 Å².